The highest BCUT2D eigenvalue weighted by Crippen LogP contribution is 2.28. The molecule has 0 aliphatic rings. The van der Waals surface area contributed by atoms with Crippen molar-refractivity contribution in [2.75, 3.05) is 5.73 Å². The van der Waals surface area contributed by atoms with Crippen LogP contribution in [0.2, 0.25) is 0 Å². The van der Waals surface area contributed by atoms with Crippen LogP contribution in [0.25, 0.3) is 17.1 Å². The fourth-order valence-corrected chi connectivity index (χ4v) is 2.55. The van der Waals surface area contributed by atoms with E-state index in [1.54, 1.807) is 17.0 Å². The molecular formula is C15H16N4O. The van der Waals surface area contributed by atoms with Gasteiger partial charge in [-0.15, -0.1) is 5.10 Å². The predicted octanol–water partition coefficient (Wildman–Crippen LogP) is 3.03. The molecule has 0 fully saturated rings. The molecule has 20 heavy (non-hydrogen) atoms. The Morgan fingerprint density at radius 3 is 2.45 bits per heavy atom. The lowest BCUT2D eigenvalue weighted by Gasteiger charge is -2.11. The summed E-state index contributed by atoms with van der Waals surface area (Å²) in [6, 6.07) is 7.84. The Hall–Kier alpha value is -2.56. The van der Waals surface area contributed by atoms with Crippen molar-refractivity contribution in [1.29, 1.82) is 0 Å². The van der Waals surface area contributed by atoms with Crippen LogP contribution in [0.3, 0.4) is 0 Å². The van der Waals surface area contributed by atoms with Crippen molar-refractivity contribution < 1.29 is 4.42 Å². The van der Waals surface area contributed by atoms with Gasteiger partial charge in [-0.1, -0.05) is 22.9 Å². The first-order chi connectivity index (χ1) is 9.58. The quantitative estimate of drug-likeness (QED) is 0.775. The van der Waals surface area contributed by atoms with Gasteiger partial charge in [0.2, 0.25) is 0 Å². The highest BCUT2D eigenvalue weighted by Gasteiger charge is 2.17. The van der Waals surface area contributed by atoms with E-state index >= 15 is 0 Å². The van der Waals surface area contributed by atoms with Crippen LogP contribution in [0.5, 0.6) is 0 Å². The van der Waals surface area contributed by atoms with Gasteiger partial charge in [0, 0.05) is 0 Å². The topological polar surface area (TPSA) is 69.9 Å². The number of anilines is 1. The third-order valence-corrected chi connectivity index (χ3v) is 3.31. The highest BCUT2D eigenvalue weighted by atomic mass is 16.3. The van der Waals surface area contributed by atoms with Gasteiger partial charge in [0.15, 0.2) is 17.3 Å². The van der Waals surface area contributed by atoms with E-state index in [2.05, 4.69) is 29.4 Å². The molecule has 102 valence electrons. The Morgan fingerprint density at radius 2 is 1.85 bits per heavy atom. The van der Waals surface area contributed by atoms with Gasteiger partial charge < -0.3 is 10.2 Å². The predicted molar refractivity (Wildman–Crippen MR) is 77.7 cm³/mol. The van der Waals surface area contributed by atoms with E-state index in [0.717, 1.165) is 16.8 Å². The minimum atomic E-state index is 0.481. The normalized spacial score (nSPS) is 10.9. The summed E-state index contributed by atoms with van der Waals surface area (Å²) in [5.74, 6) is 1.10. The van der Waals surface area contributed by atoms with Crippen molar-refractivity contribution in [3.8, 4) is 17.1 Å². The third-order valence-electron chi connectivity index (χ3n) is 3.31. The van der Waals surface area contributed by atoms with Crippen LogP contribution in [0.1, 0.15) is 16.7 Å². The molecule has 2 N–H and O–H groups in total. The van der Waals surface area contributed by atoms with Crippen LogP contribution < -0.4 is 5.73 Å². The second kappa shape index (κ2) is 4.52. The Balaban J connectivity index is 2.18. The number of aromatic nitrogens is 3. The second-order valence-electron chi connectivity index (χ2n) is 4.96. The number of nitrogen functional groups attached to an aromatic ring is 1. The first kappa shape index (κ1) is 12.5. The molecule has 0 saturated carbocycles. The molecule has 0 unspecified atom stereocenters. The first-order valence-electron chi connectivity index (χ1n) is 6.41. The molecule has 0 amide bonds. The van der Waals surface area contributed by atoms with Crippen molar-refractivity contribution in [3.05, 3.63) is 47.2 Å². The van der Waals surface area contributed by atoms with E-state index < -0.39 is 0 Å². The van der Waals surface area contributed by atoms with Gasteiger partial charge in [-0.3, -0.25) is 0 Å². The van der Waals surface area contributed by atoms with Crippen LogP contribution in [0, 0.1) is 20.8 Å². The maximum Gasteiger partial charge on any atom is 0.172 e. The fourth-order valence-electron chi connectivity index (χ4n) is 2.55. The summed E-state index contributed by atoms with van der Waals surface area (Å²) < 4.78 is 7.00. The van der Waals surface area contributed by atoms with Crippen molar-refractivity contribution in [1.82, 2.24) is 15.0 Å². The van der Waals surface area contributed by atoms with Crippen molar-refractivity contribution in [2.45, 2.75) is 20.8 Å². The summed E-state index contributed by atoms with van der Waals surface area (Å²) in [5, 5.41) is 8.31. The molecule has 5 nitrogen and oxygen atoms in total. The lowest BCUT2D eigenvalue weighted by Crippen LogP contribution is -2.06. The fraction of sp³-hybridized carbons (Fsp3) is 0.200. The molecule has 2 heterocycles. The summed E-state index contributed by atoms with van der Waals surface area (Å²) in [5.41, 5.74) is 11.2. The molecule has 0 spiro atoms. The molecule has 3 aromatic rings. The highest BCUT2D eigenvalue weighted by molar-refractivity contribution is 5.67. The number of hydrogen-bond acceptors (Lipinski definition) is 4. The summed E-state index contributed by atoms with van der Waals surface area (Å²) in [6.45, 7) is 6.16. The summed E-state index contributed by atoms with van der Waals surface area (Å²) in [7, 11) is 0. The van der Waals surface area contributed by atoms with E-state index in [1.807, 2.05) is 19.9 Å². The first-order valence-corrected chi connectivity index (χ1v) is 6.41. The molecule has 3 rings (SSSR count). The molecular weight excluding hydrogens is 252 g/mol. The van der Waals surface area contributed by atoms with Crippen molar-refractivity contribution in [2.24, 2.45) is 0 Å². The van der Waals surface area contributed by atoms with Gasteiger partial charge in [-0.25, -0.2) is 0 Å². The number of nitrogens with two attached hydrogens (primary N) is 1. The number of rotatable bonds is 2. The maximum atomic E-state index is 6.18. The Morgan fingerprint density at radius 1 is 1.15 bits per heavy atom. The average Bonchev–Trinajstić information content (AvgIpc) is 2.99. The van der Waals surface area contributed by atoms with Crippen LogP contribution in [-0.2, 0) is 0 Å². The Bertz CT molecular complexity index is 733. The van der Waals surface area contributed by atoms with Gasteiger partial charge in [0.1, 0.15) is 0 Å². The van der Waals surface area contributed by atoms with E-state index in [1.165, 1.54) is 5.56 Å². The molecule has 1 aromatic carbocycles. The molecule has 0 aliphatic heterocycles. The minimum Gasteiger partial charge on any atom is -0.463 e. The van der Waals surface area contributed by atoms with Crippen LogP contribution in [0.15, 0.2) is 34.9 Å². The van der Waals surface area contributed by atoms with Gasteiger partial charge in [-0.2, -0.15) is 4.68 Å². The smallest absolute Gasteiger partial charge is 0.172 e. The molecule has 0 saturated heterocycles. The largest absolute Gasteiger partial charge is 0.463 e. The third kappa shape index (κ3) is 1.87. The number of nitrogens with zero attached hydrogens (tertiary/aromatic N) is 3. The van der Waals surface area contributed by atoms with Crippen LogP contribution in [-0.4, -0.2) is 15.0 Å². The zero-order valence-electron chi connectivity index (χ0n) is 11.7. The van der Waals surface area contributed by atoms with E-state index in [4.69, 9.17) is 10.2 Å². The van der Waals surface area contributed by atoms with Gasteiger partial charge in [-0.05, 0) is 44.0 Å². The standard InChI is InChI=1S/C15H16N4O/c1-9-7-10(2)14(11(3)8-9)19-15(16)13(17-18-19)12-5-4-6-20-12/h4-8H,16H2,1-3H3. The van der Waals surface area contributed by atoms with Gasteiger partial charge in [0.05, 0.1) is 12.0 Å². The summed E-state index contributed by atoms with van der Waals surface area (Å²) in [4.78, 5) is 0. The van der Waals surface area contributed by atoms with Gasteiger partial charge >= 0.3 is 0 Å². The zero-order valence-corrected chi connectivity index (χ0v) is 11.7. The number of furan rings is 1. The maximum absolute atomic E-state index is 6.18. The number of benzene rings is 1. The number of aryl methyl sites for hydroxylation is 3. The van der Waals surface area contributed by atoms with E-state index in [-0.39, 0.29) is 0 Å². The summed E-state index contributed by atoms with van der Waals surface area (Å²) >= 11 is 0. The minimum absolute atomic E-state index is 0.481. The zero-order chi connectivity index (χ0) is 14.3. The monoisotopic (exact) mass is 268 g/mol. The van der Waals surface area contributed by atoms with Crippen LogP contribution in [0.4, 0.5) is 5.82 Å². The Kier molecular flexibility index (Phi) is 2.82. The van der Waals surface area contributed by atoms with Gasteiger partial charge in [0.25, 0.3) is 0 Å². The van der Waals surface area contributed by atoms with Crippen molar-refractivity contribution >= 4 is 5.82 Å². The lowest BCUT2D eigenvalue weighted by molar-refractivity contribution is 0.580. The van der Waals surface area contributed by atoms with E-state index in [9.17, 15) is 0 Å². The molecule has 0 aliphatic carbocycles. The number of hydrogen-bond donors (Lipinski definition) is 1. The summed E-state index contributed by atoms with van der Waals surface area (Å²) in [6.07, 6.45) is 1.59. The average molecular weight is 268 g/mol. The molecule has 2 aromatic heterocycles. The van der Waals surface area contributed by atoms with E-state index in [0.29, 0.717) is 17.3 Å². The van der Waals surface area contributed by atoms with Crippen LogP contribution >= 0.6 is 0 Å². The molecule has 0 bridgehead atoms. The molecule has 5 heteroatoms. The molecule has 0 atom stereocenters. The van der Waals surface area contributed by atoms with Crippen molar-refractivity contribution in [3.63, 3.8) is 0 Å². The SMILES string of the molecule is Cc1cc(C)c(-n2nnc(-c3ccco3)c2N)c(C)c1. The Labute approximate surface area is 117 Å². The second-order valence-corrected chi connectivity index (χ2v) is 4.96. The lowest BCUT2D eigenvalue weighted by atomic mass is 10.1. The molecule has 0 radical (unpaired) electrons.